The van der Waals surface area contributed by atoms with Crippen LogP contribution in [0, 0.1) is 0 Å². The van der Waals surface area contributed by atoms with E-state index in [9.17, 15) is 19.5 Å². The van der Waals surface area contributed by atoms with Crippen molar-refractivity contribution in [1.29, 1.82) is 0 Å². The topological polar surface area (TPSA) is 94.9 Å². The van der Waals surface area contributed by atoms with Gasteiger partial charge in [-0.05, 0) is 56.3 Å². The van der Waals surface area contributed by atoms with Gasteiger partial charge in [-0.3, -0.25) is 14.5 Å². The van der Waals surface area contributed by atoms with Crippen LogP contribution in [0.1, 0.15) is 40.4 Å². The van der Waals surface area contributed by atoms with Gasteiger partial charge in [0.25, 0.3) is 0 Å². The third-order valence-electron chi connectivity index (χ3n) is 4.69. The highest BCUT2D eigenvalue weighted by Gasteiger charge is 2.25. The number of carbonyl (C=O) groups is 3. The van der Waals surface area contributed by atoms with Crippen LogP contribution in [-0.2, 0) is 22.4 Å². The quantitative estimate of drug-likeness (QED) is 0.299. The number of nitrogens with zero attached hydrogens (tertiary/aromatic N) is 1. The molecule has 0 radical (unpaired) electrons. The number of aliphatic carboxylic acids is 1. The molecule has 0 aromatic heterocycles. The van der Waals surface area contributed by atoms with Crippen molar-refractivity contribution in [2.24, 2.45) is 0 Å². The number of carboxylic acid groups (broad SMARTS) is 1. The average molecular weight is 383 g/mol. The molecule has 2 aromatic carbocycles. The summed E-state index contributed by atoms with van der Waals surface area (Å²) in [6.07, 6.45) is 0.162. The Morgan fingerprint density at radius 1 is 0.964 bits per heavy atom. The third kappa shape index (κ3) is 5.84. The van der Waals surface area contributed by atoms with Gasteiger partial charge in [0.2, 0.25) is 5.78 Å². The molecule has 0 saturated heterocycles. The molecule has 28 heavy (non-hydrogen) atoms. The van der Waals surface area contributed by atoms with Gasteiger partial charge in [0.1, 0.15) is 5.72 Å². The summed E-state index contributed by atoms with van der Waals surface area (Å²) in [4.78, 5) is 36.3. The van der Waals surface area contributed by atoms with Crippen LogP contribution in [0.15, 0.2) is 48.5 Å². The average Bonchev–Trinajstić information content (AvgIpc) is 2.61. The second-order valence-corrected chi connectivity index (χ2v) is 7.32. The third-order valence-corrected chi connectivity index (χ3v) is 4.69. The Balaban J connectivity index is 2.38. The van der Waals surface area contributed by atoms with E-state index in [1.165, 1.54) is 0 Å². The molecule has 1 atom stereocenters. The fourth-order valence-electron chi connectivity index (χ4n) is 2.83. The van der Waals surface area contributed by atoms with Crippen LogP contribution in [0.3, 0.4) is 0 Å². The minimum atomic E-state index is -1.62. The van der Waals surface area contributed by atoms with Crippen molar-refractivity contribution < 1.29 is 24.6 Å². The summed E-state index contributed by atoms with van der Waals surface area (Å²) in [5.41, 5.74) is 1.79. The van der Waals surface area contributed by atoms with E-state index >= 15 is 0 Å². The van der Waals surface area contributed by atoms with Gasteiger partial charge in [0.15, 0.2) is 5.78 Å². The maximum absolute atomic E-state index is 12.5. The molecule has 148 valence electrons. The smallest absolute Gasteiger partial charge is 0.372 e. The van der Waals surface area contributed by atoms with Crippen LogP contribution >= 0.6 is 0 Å². The highest BCUT2D eigenvalue weighted by molar-refractivity contribution is 6.37. The van der Waals surface area contributed by atoms with E-state index in [1.54, 1.807) is 38.1 Å². The largest absolute Gasteiger partial charge is 0.475 e. The van der Waals surface area contributed by atoms with E-state index in [1.807, 2.05) is 36.4 Å². The van der Waals surface area contributed by atoms with Gasteiger partial charge in [-0.15, -0.1) is 0 Å². The number of aliphatic hydroxyl groups is 1. The molecule has 2 N–H and O–H groups in total. The summed E-state index contributed by atoms with van der Waals surface area (Å²) in [5.74, 6) is -3.31. The molecule has 2 rings (SSSR count). The van der Waals surface area contributed by atoms with E-state index in [-0.39, 0.29) is 12.0 Å². The molecule has 0 fully saturated rings. The van der Waals surface area contributed by atoms with Gasteiger partial charge in [0.05, 0.1) is 6.42 Å². The number of benzene rings is 2. The highest BCUT2D eigenvalue weighted by atomic mass is 16.4. The summed E-state index contributed by atoms with van der Waals surface area (Å²) >= 11 is 0. The Kier molecular flexibility index (Phi) is 6.83. The van der Waals surface area contributed by atoms with Gasteiger partial charge in [-0.25, -0.2) is 4.79 Å². The fraction of sp³-hybridized carbons (Fsp3) is 0.318. The first-order valence-electron chi connectivity index (χ1n) is 8.94. The van der Waals surface area contributed by atoms with Crippen molar-refractivity contribution in [3.05, 3.63) is 70.8 Å². The SMILES string of the molecule is CN(C)C(C)(O)Cc1cc(Cc2ccccc2)cc(C(=O)CC(=O)C(=O)O)c1. The Morgan fingerprint density at radius 2 is 1.57 bits per heavy atom. The Morgan fingerprint density at radius 3 is 2.14 bits per heavy atom. The molecule has 0 heterocycles. The van der Waals surface area contributed by atoms with E-state index < -0.39 is 29.7 Å². The normalized spacial score (nSPS) is 13.2. The Hall–Kier alpha value is -2.83. The highest BCUT2D eigenvalue weighted by Crippen LogP contribution is 2.21. The van der Waals surface area contributed by atoms with E-state index in [0.717, 1.165) is 16.7 Å². The number of Topliss-reactive ketones (excluding diaryl/α,β-unsaturated/α-hetero) is 2. The minimum Gasteiger partial charge on any atom is -0.475 e. The van der Waals surface area contributed by atoms with E-state index in [4.69, 9.17) is 5.11 Å². The second-order valence-electron chi connectivity index (χ2n) is 7.32. The molecule has 0 aliphatic carbocycles. The van der Waals surface area contributed by atoms with Gasteiger partial charge in [0, 0.05) is 12.0 Å². The first kappa shape index (κ1) is 21.5. The molecule has 6 nitrogen and oxygen atoms in total. The molecule has 0 amide bonds. The van der Waals surface area contributed by atoms with E-state index in [2.05, 4.69) is 0 Å². The monoisotopic (exact) mass is 383 g/mol. The van der Waals surface area contributed by atoms with E-state index in [0.29, 0.717) is 6.42 Å². The van der Waals surface area contributed by atoms with Crippen LogP contribution in [0.4, 0.5) is 0 Å². The number of carbonyl (C=O) groups excluding carboxylic acids is 2. The van der Waals surface area contributed by atoms with Crippen molar-refractivity contribution in [1.82, 2.24) is 4.90 Å². The van der Waals surface area contributed by atoms with Crippen LogP contribution in [-0.4, -0.2) is 52.5 Å². The first-order valence-corrected chi connectivity index (χ1v) is 8.94. The molecular formula is C22H25NO5. The summed E-state index contributed by atoms with van der Waals surface area (Å²) in [5, 5.41) is 19.3. The molecule has 0 saturated carbocycles. The predicted octanol–water partition coefficient (Wildman–Crippen LogP) is 2.32. The molecular weight excluding hydrogens is 358 g/mol. The lowest BCUT2D eigenvalue weighted by Gasteiger charge is -2.31. The maximum atomic E-state index is 12.5. The molecule has 0 spiro atoms. The number of hydrogen-bond acceptors (Lipinski definition) is 5. The van der Waals surface area contributed by atoms with Crippen molar-refractivity contribution in [3.63, 3.8) is 0 Å². The van der Waals surface area contributed by atoms with Crippen LogP contribution in [0.25, 0.3) is 0 Å². The maximum Gasteiger partial charge on any atom is 0.372 e. The van der Waals surface area contributed by atoms with Gasteiger partial charge in [-0.2, -0.15) is 0 Å². The zero-order valence-electron chi connectivity index (χ0n) is 16.3. The van der Waals surface area contributed by atoms with Crippen molar-refractivity contribution in [2.75, 3.05) is 14.1 Å². The first-order chi connectivity index (χ1) is 13.1. The molecule has 0 bridgehead atoms. The summed E-state index contributed by atoms with van der Waals surface area (Å²) in [6, 6.07) is 14.9. The van der Waals surface area contributed by atoms with Crippen LogP contribution < -0.4 is 0 Å². The Labute approximate surface area is 164 Å². The van der Waals surface area contributed by atoms with Gasteiger partial charge < -0.3 is 10.2 Å². The zero-order valence-corrected chi connectivity index (χ0v) is 16.3. The molecule has 0 aliphatic rings. The summed E-state index contributed by atoms with van der Waals surface area (Å²) in [7, 11) is 3.51. The second kappa shape index (κ2) is 8.91. The predicted molar refractivity (Wildman–Crippen MR) is 105 cm³/mol. The van der Waals surface area contributed by atoms with Crippen molar-refractivity contribution in [2.45, 2.75) is 31.9 Å². The summed E-state index contributed by atoms with van der Waals surface area (Å²) in [6.45, 7) is 1.67. The number of likely N-dealkylation sites (N-methyl/N-ethyl adjacent to an activating group) is 1. The van der Waals surface area contributed by atoms with Gasteiger partial charge in [-0.1, -0.05) is 36.4 Å². The molecule has 1 unspecified atom stereocenters. The van der Waals surface area contributed by atoms with Crippen molar-refractivity contribution in [3.8, 4) is 0 Å². The lowest BCUT2D eigenvalue weighted by Crippen LogP contribution is -2.43. The number of ketones is 2. The molecule has 6 heteroatoms. The number of rotatable bonds is 9. The lowest BCUT2D eigenvalue weighted by molar-refractivity contribution is -0.148. The molecule has 2 aromatic rings. The Bertz CT molecular complexity index is 872. The number of carboxylic acids is 1. The lowest BCUT2D eigenvalue weighted by atomic mass is 9.93. The van der Waals surface area contributed by atoms with Crippen LogP contribution in [0.2, 0.25) is 0 Å². The van der Waals surface area contributed by atoms with Crippen molar-refractivity contribution >= 4 is 17.5 Å². The standard InChI is InChI=1S/C22H25NO5/c1-22(28,23(2)3)14-17-10-16(9-15-7-5-4-6-8-15)11-18(12-17)19(24)13-20(25)21(26)27/h4-8,10-12,28H,9,13-14H2,1-3H3,(H,26,27). The fourth-order valence-corrected chi connectivity index (χ4v) is 2.83. The van der Waals surface area contributed by atoms with Gasteiger partial charge >= 0.3 is 5.97 Å². The molecule has 0 aliphatic heterocycles. The zero-order chi connectivity index (χ0) is 20.9. The summed E-state index contributed by atoms with van der Waals surface area (Å²) < 4.78 is 0. The number of hydrogen-bond donors (Lipinski definition) is 2. The van der Waals surface area contributed by atoms with Crippen LogP contribution in [0.5, 0.6) is 0 Å². The minimum absolute atomic E-state index is 0.271.